The van der Waals surface area contributed by atoms with E-state index in [0.717, 1.165) is 109 Å². The number of hydrogen-bond donors (Lipinski definition) is 0. The number of carbonyl (C=O) groups excluding carboxylic acids is 3. The van der Waals surface area contributed by atoms with Gasteiger partial charge in [-0.05, 0) is 89.9 Å². The van der Waals surface area contributed by atoms with Gasteiger partial charge in [0.25, 0.3) is 0 Å². The average molecular weight is 964 g/mol. The number of carbonyl (C=O) groups is 3. The lowest BCUT2D eigenvalue weighted by Gasteiger charge is -2.18. The van der Waals surface area contributed by atoms with Crippen LogP contribution in [0.25, 0.3) is 0 Å². The molecule has 0 unspecified atom stereocenters. The van der Waals surface area contributed by atoms with Crippen molar-refractivity contribution in [3.8, 4) is 0 Å². The zero-order valence-electron chi connectivity index (χ0n) is 45.6. The Morgan fingerprint density at radius 2 is 0.565 bits per heavy atom. The van der Waals surface area contributed by atoms with E-state index in [0.29, 0.717) is 19.3 Å². The van der Waals surface area contributed by atoms with Crippen LogP contribution >= 0.6 is 0 Å². The van der Waals surface area contributed by atoms with Gasteiger partial charge in [0.1, 0.15) is 13.2 Å². The third-order valence-corrected chi connectivity index (χ3v) is 12.7. The standard InChI is InChI=1S/C63H110O6/c1-4-7-10-13-16-19-22-25-28-30-31-33-36-38-41-44-47-50-53-56-62(65)68-59-60(69-63(66)57-54-51-48-45-42-39-34-27-24-21-18-15-12-9-6-3)58-67-61(64)55-52-49-46-43-40-37-35-32-29-26-23-20-17-14-11-8-5-2/h7,10,16,19,25,27-28,31,33-34,38,41,60H,4-6,8-9,11-15,17-18,20-24,26,29-30,32,35-37,39-40,42-59H2,1-3H3/b10-7-,19-16-,28-25-,33-31-,34-27-,41-38-/t60-/m0/s1. The van der Waals surface area contributed by atoms with Gasteiger partial charge in [-0.15, -0.1) is 0 Å². The van der Waals surface area contributed by atoms with Crippen LogP contribution in [0.2, 0.25) is 0 Å². The molecule has 0 amide bonds. The molecule has 0 rings (SSSR count). The van der Waals surface area contributed by atoms with Crippen molar-refractivity contribution in [3.63, 3.8) is 0 Å². The van der Waals surface area contributed by atoms with E-state index >= 15 is 0 Å². The second-order valence-corrected chi connectivity index (χ2v) is 19.5. The first kappa shape index (κ1) is 65.8. The Morgan fingerprint density at radius 1 is 0.304 bits per heavy atom. The quantitative estimate of drug-likeness (QED) is 0.0262. The topological polar surface area (TPSA) is 78.9 Å². The van der Waals surface area contributed by atoms with Crippen molar-refractivity contribution in [2.75, 3.05) is 13.2 Å². The first-order valence-corrected chi connectivity index (χ1v) is 29.4. The summed E-state index contributed by atoms with van der Waals surface area (Å²) in [5, 5.41) is 0. The Balaban J connectivity index is 4.43. The SMILES string of the molecule is CC/C=C\C/C=C\C/C=C\C/C=C\C/C=C\CCCCCC(=O)OC[C@H](COC(=O)CCCCCCCCCCCCCCCCCCC)OC(=O)CCCCCCC/C=C\CCCCCCCC. The summed E-state index contributed by atoms with van der Waals surface area (Å²) >= 11 is 0. The predicted octanol–water partition coefficient (Wildman–Crippen LogP) is 19.8. The van der Waals surface area contributed by atoms with Gasteiger partial charge in [-0.1, -0.05) is 254 Å². The maximum absolute atomic E-state index is 12.9. The molecule has 1 atom stereocenters. The highest BCUT2D eigenvalue weighted by atomic mass is 16.6. The van der Waals surface area contributed by atoms with Gasteiger partial charge in [0.2, 0.25) is 0 Å². The van der Waals surface area contributed by atoms with Crippen LogP contribution in [0.4, 0.5) is 0 Å². The summed E-state index contributed by atoms with van der Waals surface area (Å²) in [6.45, 7) is 6.52. The molecule has 398 valence electrons. The molecule has 0 aromatic carbocycles. The number of esters is 3. The highest BCUT2D eigenvalue weighted by Gasteiger charge is 2.19. The van der Waals surface area contributed by atoms with Crippen molar-refractivity contribution >= 4 is 17.9 Å². The molecule has 69 heavy (non-hydrogen) atoms. The summed E-state index contributed by atoms with van der Waals surface area (Å²) in [7, 11) is 0. The number of hydrogen-bond acceptors (Lipinski definition) is 6. The molecular formula is C63H110O6. The molecule has 0 radical (unpaired) electrons. The zero-order valence-corrected chi connectivity index (χ0v) is 45.6. The molecule has 0 aliphatic heterocycles. The van der Waals surface area contributed by atoms with Gasteiger partial charge >= 0.3 is 17.9 Å². The molecule has 0 aromatic rings. The van der Waals surface area contributed by atoms with Crippen LogP contribution in [-0.4, -0.2) is 37.2 Å². The smallest absolute Gasteiger partial charge is 0.306 e. The maximum Gasteiger partial charge on any atom is 0.306 e. The molecule has 0 N–H and O–H groups in total. The van der Waals surface area contributed by atoms with Gasteiger partial charge in [-0.2, -0.15) is 0 Å². The van der Waals surface area contributed by atoms with Crippen LogP contribution in [0.1, 0.15) is 290 Å². The van der Waals surface area contributed by atoms with E-state index in [1.165, 1.54) is 141 Å². The van der Waals surface area contributed by atoms with Crippen molar-refractivity contribution in [1.29, 1.82) is 0 Å². The van der Waals surface area contributed by atoms with E-state index in [-0.39, 0.29) is 31.1 Å². The molecule has 0 saturated heterocycles. The van der Waals surface area contributed by atoms with Crippen molar-refractivity contribution in [3.05, 3.63) is 72.9 Å². The lowest BCUT2D eigenvalue weighted by Crippen LogP contribution is -2.30. The highest BCUT2D eigenvalue weighted by molar-refractivity contribution is 5.71. The van der Waals surface area contributed by atoms with Crippen LogP contribution in [-0.2, 0) is 28.6 Å². The van der Waals surface area contributed by atoms with Crippen LogP contribution < -0.4 is 0 Å². The molecular weight excluding hydrogens is 853 g/mol. The third-order valence-electron chi connectivity index (χ3n) is 12.7. The van der Waals surface area contributed by atoms with E-state index in [4.69, 9.17) is 14.2 Å². The van der Waals surface area contributed by atoms with Crippen molar-refractivity contribution in [2.45, 2.75) is 297 Å². The number of unbranched alkanes of at least 4 members (excludes halogenated alkanes) is 30. The zero-order chi connectivity index (χ0) is 50.0. The fourth-order valence-electron chi connectivity index (χ4n) is 8.29. The summed E-state index contributed by atoms with van der Waals surface area (Å²) < 4.78 is 16.9. The first-order valence-electron chi connectivity index (χ1n) is 29.4. The Bertz CT molecular complexity index is 1290. The van der Waals surface area contributed by atoms with Crippen LogP contribution in [0.5, 0.6) is 0 Å². The molecule has 0 spiro atoms. The van der Waals surface area contributed by atoms with E-state index in [1.807, 2.05) is 0 Å². The van der Waals surface area contributed by atoms with Gasteiger partial charge in [-0.3, -0.25) is 14.4 Å². The fraction of sp³-hybridized carbons (Fsp3) is 0.762. The van der Waals surface area contributed by atoms with Gasteiger partial charge in [0, 0.05) is 19.3 Å². The molecule has 6 heteroatoms. The minimum Gasteiger partial charge on any atom is -0.462 e. The van der Waals surface area contributed by atoms with Crippen molar-refractivity contribution in [2.24, 2.45) is 0 Å². The molecule has 0 aliphatic carbocycles. The van der Waals surface area contributed by atoms with E-state index in [9.17, 15) is 14.4 Å². The van der Waals surface area contributed by atoms with Crippen molar-refractivity contribution in [1.82, 2.24) is 0 Å². The second-order valence-electron chi connectivity index (χ2n) is 19.5. The molecule has 0 bridgehead atoms. The molecule has 0 saturated carbocycles. The Kier molecular flexibility index (Phi) is 54.8. The van der Waals surface area contributed by atoms with Gasteiger partial charge in [0.15, 0.2) is 6.10 Å². The monoisotopic (exact) mass is 963 g/mol. The molecule has 0 aromatic heterocycles. The minimum atomic E-state index is -0.792. The molecule has 6 nitrogen and oxygen atoms in total. The highest BCUT2D eigenvalue weighted by Crippen LogP contribution is 2.16. The number of allylic oxidation sites excluding steroid dienone is 12. The van der Waals surface area contributed by atoms with Crippen LogP contribution in [0, 0.1) is 0 Å². The summed E-state index contributed by atoms with van der Waals surface area (Å²) in [5.74, 6) is -0.918. The Labute approximate surface area is 427 Å². The first-order chi connectivity index (χ1) is 34.0. The van der Waals surface area contributed by atoms with E-state index < -0.39 is 6.10 Å². The normalized spacial score (nSPS) is 12.6. The fourth-order valence-corrected chi connectivity index (χ4v) is 8.29. The lowest BCUT2D eigenvalue weighted by molar-refractivity contribution is -0.167. The number of rotatable bonds is 53. The summed E-state index contributed by atoms with van der Waals surface area (Å²) in [5.41, 5.74) is 0. The van der Waals surface area contributed by atoms with E-state index in [1.54, 1.807) is 0 Å². The Morgan fingerprint density at radius 3 is 0.913 bits per heavy atom. The summed E-state index contributed by atoms with van der Waals surface area (Å²) in [6, 6.07) is 0. The van der Waals surface area contributed by atoms with Gasteiger partial charge in [0.05, 0.1) is 0 Å². The molecule has 0 heterocycles. The number of ether oxygens (including phenoxy) is 3. The molecule has 0 aliphatic rings. The summed E-state index contributed by atoms with van der Waals surface area (Å²) in [4.78, 5) is 38.2. The van der Waals surface area contributed by atoms with E-state index in [2.05, 4.69) is 93.7 Å². The molecule has 0 fully saturated rings. The maximum atomic E-state index is 12.9. The van der Waals surface area contributed by atoms with Gasteiger partial charge in [-0.25, -0.2) is 0 Å². The second kappa shape index (κ2) is 57.4. The van der Waals surface area contributed by atoms with Crippen LogP contribution in [0.3, 0.4) is 0 Å². The summed E-state index contributed by atoms with van der Waals surface area (Å²) in [6.07, 6.45) is 73.2. The largest absolute Gasteiger partial charge is 0.462 e. The van der Waals surface area contributed by atoms with Gasteiger partial charge < -0.3 is 14.2 Å². The third kappa shape index (κ3) is 55.6. The average Bonchev–Trinajstić information content (AvgIpc) is 3.35. The lowest BCUT2D eigenvalue weighted by atomic mass is 10.0. The van der Waals surface area contributed by atoms with Crippen molar-refractivity contribution < 1.29 is 28.6 Å². The van der Waals surface area contributed by atoms with Crippen LogP contribution in [0.15, 0.2) is 72.9 Å². The Hall–Kier alpha value is -3.15. The minimum absolute atomic E-state index is 0.0869. The predicted molar refractivity (Wildman–Crippen MR) is 298 cm³/mol.